The van der Waals surface area contributed by atoms with Gasteiger partial charge in [0.2, 0.25) is 5.91 Å². The van der Waals surface area contributed by atoms with E-state index in [1.165, 1.54) is 0 Å². The Balaban J connectivity index is 2.36. The largest absolute Gasteiger partial charge is 0.354 e. The summed E-state index contributed by atoms with van der Waals surface area (Å²) in [5.41, 5.74) is 6.12. The third-order valence-electron chi connectivity index (χ3n) is 3.76. The molecule has 1 fully saturated rings. The number of hydrogen-bond donors (Lipinski definition) is 2. The number of nitrogens with one attached hydrogen (secondary N) is 1. The van der Waals surface area contributed by atoms with Gasteiger partial charge in [0.1, 0.15) is 0 Å². The SMILES string of the molecule is CC(C)CNC(=O)C(C)N1CC(N)(C(C)C)C1. The number of hydrogen-bond acceptors (Lipinski definition) is 3. The first kappa shape index (κ1) is 14.5. The highest BCUT2D eigenvalue weighted by molar-refractivity contribution is 5.81. The van der Waals surface area contributed by atoms with Gasteiger partial charge in [-0.1, -0.05) is 27.7 Å². The zero-order valence-corrected chi connectivity index (χ0v) is 11.8. The molecule has 1 rings (SSSR count). The summed E-state index contributed by atoms with van der Waals surface area (Å²) >= 11 is 0. The van der Waals surface area contributed by atoms with Gasteiger partial charge in [-0.3, -0.25) is 9.69 Å². The molecule has 100 valence electrons. The predicted octanol–water partition coefficient (Wildman–Crippen LogP) is 0.816. The van der Waals surface area contributed by atoms with Gasteiger partial charge in [-0.05, 0) is 18.8 Å². The minimum Gasteiger partial charge on any atom is -0.354 e. The molecule has 0 aromatic rings. The van der Waals surface area contributed by atoms with Crippen molar-refractivity contribution in [1.29, 1.82) is 0 Å². The van der Waals surface area contributed by atoms with Crippen LogP contribution in [0.2, 0.25) is 0 Å². The summed E-state index contributed by atoms with van der Waals surface area (Å²) in [6, 6.07) is -0.0656. The van der Waals surface area contributed by atoms with Crippen molar-refractivity contribution in [3.8, 4) is 0 Å². The van der Waals surface area contributed by atoms with Gasteiger partial charge in [0.25, 0.3) is 0 Å². The molecular formula is C13H27N3O. The minimum absolute atomic E-state index is 0.0656. The molecule has 0 saturated carbocycles. The van der Waals surface area contributed by atoms with Crippen molar-refractivity contribution in [2.24, 2.45) is 17.6 Å². The van der Waals surface area contributed by atoms with Gasteiger partial charge in [-0.25, -0.2) is 0 Å². The number of amides is 1. The van der Waals surface area contributed by atoms with E-state index in [1.807, 2.05) is 6.92 Å². The summed E-state index contributed by atoms with van der Waals surface area (Å²) in [5.74, 6) is 1.07. The maximum atomic E-state index is 11.9. The summed E-state index contributed by atoms with van der Waals surface area (Å²) in [5, 5.41) is 2.97. The lowest BCUT2D eigenvalue weighted by Crippen LogP contribution is -2.72. The molecule has 1 amide bonds. The Kier molecular flexibility index (Phi) is 4.55. The Hall–Kier alpha value is -0.610. The molecule has 0 aromatic carbocycles. The van der Waals surface area contributed by atoms with Crippen LogP contribution < -0.4 is 11.1 Å². The number of nitrogens with zero attached hydrogens (tertiary/aromatic N) is 1. The van der Waals surface area contributed by atoms with Gasteiger partial charge >= 0.3 is 0 Å². The van der Waals surface area contributed by atoms with Crippen LogP contribution in [0.1, 0.15) is 34.6 Å². The van der Waals surface area contributed by atoms with E-state index in [1.54, 1.807) is 0 Å². The Bertz CT molecular complexity index is 270. The number of nitrogens with two attached hydrogens (primary N) is 1. The highest BCUT2D eigenvalue weighted by Gasteiger charge is 2.44. The van der Waals surface area contributed by atoms with Gasteiger partial charge in [-0.2, -0.15) is 0 Å². The van der Waals surface area contributed by atoms with Crippen LogP contribution in [-0.2, 0) is 4.79 Å². The topological polar surface area (TPSA) is 58.4 Å². The number of rotatable bonds is 5. The Labute approximate surface area is 105 Å². The monoisotopic (exact) mass is 241 g/mol. The fourth-order valence-corrected chi connectivity index (χ4v) is 1.97. The van der Waals surface area contributed by atoms with Crippen LogP contribution in [0.5, 0.6) is 0 Å². The van der Waals surface area contributed by atoms with Crippen LogP contribution in [0, 0.1) is 11.8 Å². The maximum Gasteiger partial charge on any atom is 0.237 e. The van der Waals surface area contributed by atoms with Crippen LogP contribution in [-0.4, -0.2) is 42.0 Å². The van der Waals surface area contributed by atoms with Gasteiger partial charge in [0, 0.05) is 25.2 Å². The third-order valence-corrected chi connectivity index (χ3v) is 3.76. The summed E-state index contributed by atoms with van der Waals surface area (Å²) < 4.78 is 0. The lowest BCUT2D eigenvalue weighted by molar-refractivity contribution is -0.129. The molecule has 1 heterocycles. The first-order valence-electron chi connectivity index (χ1n) is 6.57. The van der Waals surface area contributed by atoms with Crippen molar-refractivity contribution in [3.63, 3.8) is 0 Å². The van der Waals surface area contributed by atoms with Crippen molar-refractivity contribution in [3.05, 3.63) is 0 Å². The van der Waals surface area contributed by atoms with Gasteiger partial charge in [-0.15, -0.1) is 0 Å². The van der Waals surface area contributed by atoms with E-state index in [0.29, 0.717) is 11.8 Å². The zero-order chi connectivity index (χ0) is 13.2. The smallest absolute Gasteiger partial charge is 0.237 e. The zero-order valence-electron chi connectivity index (χ0n) is 11.8. The van der Waals surface area contributed by atoms with Crippen LogP contribution in [0.3, 0.4) is 0 Å². The standard InChI is InChI=1S/C13H27N3O/c1-9(2)6-15-12(17)11(5)16-7-13(14,8-16)10(3)4/h9-11H,6-8,14H2,1-5H3,(H,15,17). The van der Waals surface area contributed by atoms with E-state index < -0.39 is 0 Å². The second kappa shape index (κ2) is 5.36. The van der Waals surface area contributed by atoms with E-state index in [2.05, 4.69) is 37.9 Å². The summed E-state index contributed by atoms with van der Waals surface area (Å²) in [6.45, 7) is 12.8. The van der Waals surface area contributed by atoms with Gasteiger partial charge < -0.3 is 11.1 Å². The molecule has 1 aliphatic heterocycles. The highest BCUT2D eigenvalue weighted by atomic mass is 16.2. The quantitative estimate of drug-likeness (QED) is 0.749. The molecule has 1 saturated heterocycles. The lowest BCUT2D eigenvalue weighted by atomic mass is 9.79. The second-order valence-electron chi connectivity index (χ2n) is 6.11. The van der Waals surface area contributed by atoms with Crippen molar-refractivity contribution < 1.29 is 4.79 Å². The summed E-state index contributed by atoms with van der Waals surface area (Å²) in [6.07, 6.45) is 0. The van der Waals surface area contributed by atoms with E-state index >= 15 is 0 Å². The summed E-state index contributed by atoms with van der Waals surface area (Å²) in [7, 11) is 0. The third kappa shape index (κ3) is 3.42. The fourth-order valence-electron chi connectivity index (χ4n) is 1.97. The molecule has 0 radical (unpaired) electrons. The van der Waals surface area contributed by atoms with Crippen molar-refractivity contribution >= 4 is 5.91 Å². The van der Waals surface area contributed by atoms with Crippen molar-refractivity contribution in [1.82, 2.24) is 10.2 Å². The molecule has 4 nitrogen and oxygen atoms in total. The Morgan fingerprint density at radius 2 is 1.82 bits per heavy atom. The highest BCUT2D eigenvalue weighted by Crippen LogP contribution is 2.27. The van der Waals surface area contributed by atoms with E-state index in [-0.39, 0.29) is 17.5 Å². The number of carbonyl (C=O) groups excluding carboxylic acids is 1. The average molecular weight is 241 g/mol. The molecule has 0 aromatic heterocycles. The fraction of sp³-hybridized carbons (Fsp3) is 0.923. The molecule has 17 heavy (non-hydrogen) atoms. The first-order chi connectivity index (χ1) is 7.76. The van der Waals surface area contributed by atoms with Crippen molar-refractivity contribution in [2.75, 3.05) is 19.6 Å². The molecule has 0 aliphatic carbocycles. The lowest BCUT2D eigenvalue weighted by Gasteiger charge is -2.52. The molecule has 1 aliphatic rings. The normalized spacial score (nSPS) is 21.4. The molecule has 0 bridgehead atoms. The van der Waals surface area contributed by atoms with Crippen LogP contribution in [0.4, 0.5) is 0 Å². The molecule has 1 unspecified atom stereocenters. The molecule has 3 N–H and O–H groups in total. The molecule has 4 heteroatoms. The van der Waals surface area contributed by atoms with E-state index in [0.717, 1.165) is 19.6 Å². The molecular weight excluding hydrogens is 214 g/mol. The average Bonchev–Trinajstić information content (AvgIpc) is 2.19. The Morgan fingerprint density at radius 3 is 2.24 bits per heavy atom. The second-order valence-corrected chi connectivity index (χ2v) is 6.11. The Morgan fingerprint density at radius 1 is 1.29 bits per heavy atom. The summed E-state index contributed by atoms with van der Waals surface area (Å²) in [4.78, 5) is 14.0. The van der Waals surface area contributed by atoms with Crippen LogP contribution in [0.25, 0.3) is 0 Å². The number of carbonyl (C=O) groups is 1. The first-order valence-corrected chi connectivity index (χ1v) is 6.57. The van der Waals surface area contributed by atoms with Crippen molar-refractivity contribution in [2.45, 2.75) is 46.2 Å². The van der Waals surface area contributed by atoms with E-state index in [4.69, 9.17) is 5.73 Å². The van der Waals surface area contributed by atoms with Crippen LogP contribution >= 0.6 is 0 Å². The van der Waals surface area contributed by atoms with Gasteiger partial charge in [0.15, 0.2) is 0 Å². The molecule has 1 atom stereocenters. The minimum atomic E-state index is -0.105. The maximum absolute atomic E-state index is 11.9. The predicted molar refractivity (Wildman–Crippen MR) is 70.6 cm³/mol. The van der Waals surface area contributed by atoms with Crippen LogP contribution in [0.15, 0.2) is 0 Å². The van der Waals surface area contributed by atoms with Gasteiger partial charge in [0.05, 0.1) is 6.04 Å². The number of likely N-dealkylation sites (tertiary alicyclic amines) is 1. The van der Waals surface area contributed by atoms with E-state index in [9.17, 15) is 4.79 Å². The molecule has 0 spiro atoms.